The van der Waals surface area contributed by atoms with E-state index in [9.17, 15) is 14.4 Å². The number of rotatable bonds is 4. The molecule has 32 heavy (non-hydrogen) atoms. The third-order valence-electron chi connectivity index (χ3n) is 5.83. The number of nitrogens with one attached hydrogen (secondary N) is 1. The molecule has 2 heterocycles. The predicted molar refractivity (Wildman–Crippen MR) is 123 cm³/mol. The maximum Gasteiger partial charge on any atom is 0.337 e. The number of esters is 1. The minimum absolute atomic E-state index is 0.120. The SMILES string of the molecule is CC1=C(C(=O)OCc2ccccc2)C(c2ccc(C)cc2)c2c(n(C)c(=O)n(C)c2=O)N1. The molecule has 7 heteroatoms. The van der Waals surface area contributed by atoms with Gasteiger partial charge < -0.3 is 10.1 Å². The zero-order chi connectivity index (χ0) is 23.0. The highest BCUT2D eigenvalue weighted by Crippen LogP contribution is 2.40. The number of aryl methyl sites for hydroxylation is 1. The van der Waals surface area contributed by atoms with E-state index in [1.807, 2.05) is 61.5 Å². The number of carbonyl (C=O) groups is 1. The van der Waals surface area contributed by atoms with Crippen LogP contribution in [0.2, 0.25) is 0 Å². The molecule has 0 radical (unpaired) electrons. The second kappa shape index (κ2) is 8.34. The number of hydrogen-bond donors (Lipinski definition) is 1. The number of aromatic nitrogens is 2. The molecule has 0 spiro atoms. The summed E-state index contributed by atoms with van der Waals surface area (Å²) >= 11 is 0. The van der Waals surface area contributed by atoms with Crippen molar-refractivity contribution in [1.82, 2.24) is 9.13 Å². The molecule has 1 aromatic heterocycles. The summed E-state index contributed by atoms with van der Waals surface area (Å²) in [6, 6.07) is 17.1. The van der Waals surface area contributed by atoms with Crippen molar-refractivity contribution in [3.8, 4) is 0 Å². The summed E-state index contributed by atoms with van der Waals surface area (Å²) in [5.74, 6) is -0.785. The van der Waals surface area contributed by atoms with Gasteiger partial charge in [0, 0.05) is 19.8 Å². The topological polar surface area (TPSA) is 82.3 Å². The van der Waals surface area contributed by atoms with Gasteiger partial charge in [0.05, 0.1) is 17.1 Å². The minimum Gasteiger partial charge on any atom is -0.457 e. The maximum absolute atomic E-state index is 13.3. The number of nitrogens with zero attached hydrogens (tertiary/aromatic N) is 2. The lowest BCUT2D eigenvalue weighted by Crippen LogP contribution is -2.43. The average Bonchev–Trinajstić information content (AvgIpc) is 2.80. The summed E-state index contributed by atoms with van der Waals surface area (Å²) in [6.45, 7) is 3.85. The van der Waals surface area contributed by atoms with E-state index in [-0.39, 0.29) is 6.61 Å². The van der Waals surface area contributed by atoms with Gasteiger partial charge in [0.2, 0.25) is 0 Å². The first kappa shape index (κ1) is 21.4. The van der Waals surface area contributed by atoms with Gasteiger partial charge in [-0.25, -0.2) is 9.59 Å². The highest BCUT2D eigenvalue weighted by Gasteiger charge is 2.37. The van der Waals surface area contributed by atoms with E-state index in [0.29, 0.717) is 22.7 Å². The monoisotopic (exact) mass is 431 g/mol. The number of carbonyl (C=O) groups excluding carboxylic acids is 1. The maximum atomic E-state index is 13.3. The molecule has 1 N–H and O–H groups in total. The van der Waals surface area contributed by atoms with Crippen LogP contribution in [0.1, 0.15) is 35.1 Å². The second-order valence-corrected chi connectivity index (χ2v) is 8.04. The Hall–Kier alpha value is -3.87. The van der Waals surface area contributed by atoms with Crippen LogP contribution in [0.15, 0.2) is 75.5 Å². The Morgan fingerprint density at radius 3 is 2.28 bits per heavy atom. The molecule has 1 unspecified atom stereocenters. The summed E-state index contributed by atoms with van der Waals surface area (Å²) in [4.78, 5) is 39.0. The second-order valence-electron chi connectivity index (χ2n) is 8.04. The van der Waals surface area contributed by atoms with Crippen LogP contribution in [-0.2, 0) is 30.2 Å². The standard InChI is InChI=1S/C25H25N3O4/c1-15-10-12-18(13-11-15)20-19(24(30)32-14-17-8-6-5-7-9-17)16(2)26-22-21(20)23(29)28(4)25(31)27(22)3/h5-13,20,26H,14H2,1-4H3. The number of anilines is 1. The number of benzene rings is 2. The van der Waals surface area contributed by atoms with Gasteiger partial charge in [0.25, 0.3) is 5.56 Å². The van der Waals surface area contributed by atoms with E-state index >= 15 is 0 Å². The Morgan fingerprint density at radius 1 is 0.969 bits per heavy atom. The van der Waals surface area contributed by atoms with Gasteiger partial charge in [0.15, 0.2) is 0 Å². The van der Waals surface area contributed by atoms with E-state index in [4.69, 9.17) is 4.74 Å². The van der Waals surface area contributed by atoms with Crippen LogP contribution in [0.25, 0.3) is 0 Å². The molecular weight excluding hydrogens is 406 g/mol. The summed E-state index contributed by atoms with van der Waals surface area (Å²) in [6.07, 6.45) is 0. The molecule has 0 saturated heterocycles. The van der Waals surface area contributed by atoms with Crippen molar-refractivity contribution in [2.45, 2.75) is 26.4 Å². The van der Waals surface area contributed by atoms with Crippen molar-refractivity contribution < 1.29 is 9.53 Å². The fraction of sp³-hybridized carbons (Fsp3) is 0.240. The third-order valence-corrected chi connectivity index (χ3v) is 5.83. The number of fused-ring (bicyclic) bond motifs is 1. The van der Waals surface area contributed by atoms with Gasteiger partial charge in [-0.15, -0.1) is 0 Å². The lowest BCUT2D eigenvalue weighted by atomic mass is 9.82. The molecule has 1 atom stereocenters. The zero-order valence-electron chi connectivity index (χ0n) is 18.5. The van der Waals surface area contributed by atoms with E-state index in [1.165, 1.54) is 11.6 Å². The fourth-order valence-electron chi connectivity index (χ4n) is 4.05. The fourth-order valence-corrected chi connectivity index (χ4v) is 4.05. The first-order chi connectivity index (χ1) is 15.3. The molecule has 2 aromatic carbocycles. The van der Waals surface area contributed by atoms with Gasteiger partial charge in [-0.05, 0) is 25.0 Å². The first-order valence-electron chi connectivity index (χ1n) is 10.3. The molecule has 0 fully saturated rings. The van der Waals surface area contributed by atoms with Crippen molar-refractivity contribution in [3.63, 3.8) is 0 Å². The van der Waals surface area contributed by atoms with Crippen LogP contribution in [0.5, 0.6) is 0 Å². The summed E-state index contributed by atoms with van der Waals surface area (Å²) in [7, 11) is 3.04. The van der Waals surface area contributed by atoms with Crippen molar-refractivity contribution in [3.05, 3.63) is 109 Å². The predicted octanol–water partition coefficient (Wildman–Crippen LogP) is 2.97. The lowest BCUT2D eigenvalue weighted by Gasteiger charge is -2.31. The van der Waals surface area contributed by atoms with Crippen molar-refractivity contribution in [2.24, 2.45) is 14.1 Å². The molecular formula is C25H25N3O4. The number of ether oxygens (including phenoxy) is 1. The van der Waals surface area contributed by atoms with E-state index in [0.717, 1.165) is 21.3 Å². The van der Waals surface area contributed by atoms with Crippen molar-refractivity contribution in [1.29, 1.82) is 0 Å². The Bertz CT molecular complexity index is 1330. The molecule has 164 valence electrons. The third kappa shape index (κ3) is 3.66. The number of hydrogen-bond acceptors (Lipinski definition) is 5. The summed E-state index contributed by atoms with van der Waals surface area (Å²) < 4.78 is 8.10. The molecule has 0 aliphatic carbocycles. The summed E-state index contributed by atoms with van der Waals surface area (Å²) in [5.41, 5.74) is 3.07. The van der Waals surface area contributed by atoms with Gasteiger partial charge in [-0.2, -0.15) is 0 Å². The van der Waals surface area contributed by atoms with Gasteiger partial charge in [-0.1, -0.05) is 60.2 Å². The molecule has 4 rings (SSSR count). The van der Waals surface area contributed by atoms with Gasteiger partial charge >= 0.3 is 11.7 Å². The van der Waals surface area contributed by atoms with Crippen LogP contribution in [0.3, 0.4) is 0 Å². The molecule has 1 aliphatic rings. The molecule has 0 saturated carbocycles. The Kier molecular flexibility index (Phi) is 5.57. The minimum atomic E-state index is -0.666. The Morgan fingerprint density at radius 2 is 1.62 bits per heavy atom. The van der Waals surface area contributed by atoms with Gasteiger partial charge in [0.1, 0.15) is 12.4 Å². The van der Waals surface area contributed by atoms with Crippen LogP contribution < -0.4 is 16.6 Å². The van der Waals surface area contributed by atoms with Crippen LogP contribution >= 0.6 is 0 Å². The normalized spacial score (nSPS) is 15.2. The zero-order valence-corrected chi connectivity index (χ0v) is 18.5. The van der Waals surface area contributed by atoms with E-state index < -0.39 is 23.1 Å². The van der Waals surface area contributed by atoms with Gasteiger partial charge in [-0.3, -0.25) is 13.9 Å². The lowest BCUT2D eigenvalue weighted by molar-refractivity contribution is -0.140. The van der Waals surface area contributed by atoms with Crippen molar-refractivity contribution in [2.75, 3.05) is 5.32 Å². The molecule has 3 aromatic rings. The van der Waals surface area contributed by atoms with Crippen LogP contribution in [-0.4, -0.2) is 15.1 Å². The highest BCUT2D eigenvalue weighted by atomic mass is 16.5. The molecule has 7 nitrogen and oxygen atoms in total. The molecule has 0 amide bonds. The molecule has 1 aliphatic heterocycles. The molecule has 0 bridgehead atoms. The highest BCUT2D eigenvalue weighted by molar-refractivity contribution is 5.94. The Labute approximate surface area is 185 Å². The smallest absolute Gasteiger partial charge is 0.337 e. The van der Waals surface area contributed by atoms with E-state index in [1.54, 1.807) is 14.0 Å². The van der Waals surface area contributed by atoms with E-state index in [2.05, 4.69) is 5.32 Å². The largest absolute Gasteiger partial charge is 0.457 e. The summed E-state index contributed by atoms with van der Waals surface area (Å²) in [5, 5.41) is 3.11. The van der Waals surface area contributed by atoms with Crippen LogP contribution in [0, 0.1) is 6.92 Å². The quantitative estimate of drug-likeness (QED) is 0.643. The Balaban J connectivity index is 1.86. The van der Waals surface area contributed by atoms with Crippen LogP contribution in [0.4, 0.5) is 5.82 Å². The number of allylic oxidation sites excluding steroid dienone is 1. The average molecular weight is 431 g/mol. The van der Waals surface area contributed by atoms with Crippen molar-refractivity contribution >= 4 is 11.8 Å². The first-order valence-corrected chi connectivity index (χ1v) is 10.3.